The van der Waals surface area contributed by atoms with Gasteiger partial charge in [0.05, 0.1) is 11.7 Å². The Balaban J connectivity index is 1.56. The van der Waals surface area contributed by atoms with Crippen LogP contribution in [-0.2, 0) is 0 Å². The smallest absolute Gasteiger partial charge is 0.270 e. The number of H-pyrrole nitrogens is 1. The molecule has 0 aromatic carbocycles. The number of amides is 1. The Morgan fingerprint density at radius 2 is 2.03 bits per heavy atom. The Hall–Kier alpha value is -3.49. The summed E-state index contributed by atoms with van der Waals surface area (Å²) >= 11 is 0. The van der Waals surface area contributed by atoms with Gasteiger partial charge in [0.1, 0.15) is 11.2 Å². The first-order valence-corrected chi connectivity index (χ1v) is 10.1. The van der Waals surface area contributed by atoms with E-state index >= 15 is 0 Å². The van der Waals surface area contributed by atoms with Crippen LogP contribution in [0, 0.1) is 5.92 Å². The SMILES string of the molecule is CC1CCN(c2nc(C(C)NC(=O)c3cnc4ccccn4c3=O)cc(=O)[nH]2)CC1. The number of hydrogen-bond acceptors (Lipinski definition) is 6. The maximum Gasteiger partial charge on any atom is 0.270 e. The van der Waals surface area contributed by atoms with Gasteiger partial charge >= 0.3 is 0 Å². The molecule has 1 atom stereocenters. The summed E-state index contributed by atoms with van der Waals surface area (Å²) in [5.41, 5.74) is 0.105. The third-order valence-electron chi connectivity index (χ3n) is 5.48. The molecule has 30 heavy (non-hydrogen) atoms. The molecule has 0 spiro atoms. The summed E-state index contributed by atoms with van der Waals surface area (Å²) in [7, 11) is 0. The van der Waals surface area contributed by atoms with Gasteiger partial charge in [-0.15, -0.1) is 0 Å². The second-order valence-electron chi connectivity index (χ2n) is 7.76. The number of nitrogens with one attached hydrogen (secondary N) is 2. The molecule has 9 heteroatoms. The topological polar surface area (TPSA) is 112 Å². The van der Waals surface area contributed by atoms with Gasteiger partial charge in [-0.3, -0.25) is 23.8 Å². The maximum absolute atomic E-state index is 12.7. The number of carbonyl (C=O) groups excluding carboxylic acids is 1. The fraction of sp³-hybridized carbons (Fsp3) is 0.381. The van der Waals surface area contributed by atoms with Crippen LogP contribution in [0.25, 0.3) is 5.65 Å². The van der Waals surface area contributed by atoms with Crippen LogP contribution in [0.2, 0.25) is 0 Å². The number of fused-ring (bicyclic) bond motifs is 1. The molecular weight excluding hydrogens is 384 g/mol. The Morgan fingerprint density at radius 1 is 1.27 bits per heavy atom. The molecule has 1 saturated heterocycles. The minimum absolute atomic E-state index is 0.0689. The van der Waals surface area contributed by atoms with Crippen molar-refractivity contribution in [3.05, 3.63) is 68.6 Å². The molecule has 2 N–H and O–H groups in total. The van der Waals surface area contributed by atoms with Crippen LogP contribution in [-0.4, -0.2) is 38.3 Å². The molecule has 1 fully saturated rings. The van der Waals surface area contributed by atoms with Crippen LogP contribution in [0.1, 0.15) is 48.8 Å². The summed E-state index contributed by atoms with van der Waals surface area (Å²) in [5, 5.41) is 2.76. The van der Waals surface area contributed by atoms with Gasteiger partial charge in [0.15, 0.2) is 0 Å². The number of aromatic nitrogens is 4. The molecule has 0 saturated carbocycles. The lowest BCUT2D eigenvalue weighted by molar-refractivity contribution is 0.0937. The first-order valence-electron chi connectivity index (χ1n) is 10.1. The van der Waals surface area contributed by atoms with Crippen molar-refractivity contribution in [1.82, 2.24) is 24.7 Å². The minimum Gasteiger partial charge on any atom is -0.344 e. The summed E-state index contributed by atoms with van der Waals surface area (Å²) in [6, 6.07) is 5.96. The van der Waals surface area contributed by atoms with E-state index in [1.165, 1.54) is 16.7 Å². The van der Waals surface area contributed by atoms with Gasteiger partial charge in [-0.25, -0.2) is 9.97 Å². The van der Waals surface area contributed by atoms with E-state index in [0.717, 1.165) is 25.9 Å². The predicted octanol–water partition coefficient (Wildman–Crippen LogP) is 1.51. The van der Waals surface area contributed by atoms with Crippen molar-refractivity contribution in [3.8, 4) is 0 Å². The largest absolute Gasteiger partial charge is 0.344 e. The Morgan fingerprint density at radius 3 is 2.80 bits per heavy atom. The van der Waals surface area contributed by atoms with Crippen molar-refractivity contribution in [2.45, 2.75) is 32.7 Å². The van der Waals surface area contributed by atoms with E-state index in [4.69, 9.17) is 0 Å². The van der Waals surface area contributed by atoms with Crippen molar-refractivity contribution < 1.29 is 4.79 Å². The molecule has 1 aliphatic heterocycles. The van der Waals surface area contributed by atoms with Crippen molar-refractivity contribution >= 4 is 17.5 Å². The number of hydrogen-bond donors (Lipinski definition) is 2. The quantitative estimate of drug-likeness (QED) is 0.677. The number of piperidine rings is 1. The average Bonchev–Trinajstić information content (AvgIpc) is 2.74. The van der Waals surface area contributed by atoms with E-state index in [-0.39, 0.29) is 11.1 Å². The molecule has 0 bridgehead atoms. The number of aromatic amines is 1. The zero-order valence-corrected chi connectivity index (χ0v) is 17.0. The van der Waals surface area contributed by atoms with E-state index in [1.807, 2.05) is 0 Å². The summed E-state index contributed by atoms with van der Waals surface area (Å²) in [6.07, 6.45) is 4.92. The second-order valence-corrected chi connectivity index (χ2v) is 7.76. The van der Waals surface area contributed by atoms with Gasteiger partial charge in [0.2, 0.25) is 5.95 Å². The fourth-order valence-corrected chi connectivity index (χ4v) is 3.59. The molecule has 4 heterocycles. The number of anilines is 1. The lowest BCUT2D eigenvalue weighted by atomic mass is 10.00. The normalized spacial score (nSPS) is 15.9. The standard InChI is InChI=1S/C21H24N6O3/c1-13-6-9-26(10-7-13)21-24-16(11-18(28)25-21)14(2)23-19(29)15-12-22-17-5-3-4-8-27(17)20(15)30/h3-5,8,11-14H,6-7,9-10H2,1-2H3,(H,23,29)(H,24,25,28). The van der Waals surface area contributed by atoms with E-state index in [1.54, 1.807) is 31.3 Å². The Labute approximate surface area is 172 Å². The summed E-state index contributed by atoms with van der Waals surface area (Å²) in [4.78, 5) is 51.1. The van der Waals surface area contributed by atoms with Crippen LogP contribution in [0.4, 0.5) is 5.95 Å². The van der Waals surface area contributed by atoms with Crippen LogP contribution < -0.4 is 21.3 Å². The van der Waals surface area contributed by atoms with Crippen molar-refractivity contribution in [1.29, 1.82) is 0 Å². The summed E-state index contributed by atoms with van der Waals surface area (Å²) in [5.74, 6) is 0.607. The highest BCUT2D eigenvalue weighted by molar-refractivity contribution is 5.93. The van der Waals surface area contributed by atoms with E-state index in [2.05, 4.69) is 32.1 Å². The summed E-state index contributed by atoms with van der Waals surface area (Å²) < 4.78 is 1.32. The Kier molecular flexibility index (Phi) is 5.35. The predicted molar refractivity (Wildman–Crippen MR) is 113 cm³/mol. The van der Waals surface area contributed by atoms with E-state index < -0.39 is 17.5 Å². The molecule has 1 amide bonds. The lowest BCUT2D eigenvalue weighted by Gasteiger charge is -2.31. The van der Waals surface area contributed by atoms with Crippen LogP contribution in [0.5, 0.6) is 0 Å². The fourth-order valence-electron chi connectivity index (χ4n) is 3.59. The second kappa shape index (κ2) is 8.10. The van der Waals surface area contributed by atoms with Crippen LogP contribution >= 0.6 is 0 Å². The van der Waals surface area contributed by atoms with Crippen molar-refractivity contribution in [3.63, 3.8) is 0 Å². The minimum atomic E-state index is -0.561. The number of pyridine rings is 1. The Bertz CT molecular complexity index is 1190. The molecule has 3 aromatic heterocycles. The number of nitrogens with zero attached hydrogens (tertiary/aromatic N) is 4. The molecule has 3 aromatic rings. The molecule has 1 aliphatic rings. The molecule has 9 nitrogen and oxygen atoms in total. The third-order valence-corrected chi connectivity index (χ3v) is 5.48. The zero-order valence-electron chi connectivity index (χ0n) is 17.0. The van der Waals surface area contributed by atoms with Crippen molar-refractivity contribution in [2.75, 3.05) is 18.0 Å². The zero-order chi connectivity index (χ0) is 21.3. The van der Waals surface area contributed by atoms with Gasteiger partial charge in [-0.2, -0.15) is 0 Å². The number of carbonyl (C=O) groups is 1. The molecule has 4 rings (SSSR count). The molecule has 0 radical (unpaired) electrons. The highest BCUT2D eigenvalue weighted by Crippen LogP contribution is 2.20. The average molecular weight is 408 g/mol. The van der Waals surface area contributed by atoms with Crippen LogP contribution in [0.3, 0.4) is 0 Å². The third kappa shape index (κ3) is 3.96. The number of rotatable bonds is 4. The highest BCUT2D eigenvalue weighted by atomic mass is 16.2. The molecule has 1 unspecified atom stereocenters. The van der Waals surface area contributed by atoms with Gasteiger partial charge in [0.25, 0.3) is 17.0 Å². The summed E-state index contributed by atoms with van der Waals surface area (Å²) in [6.45, 7) is 5.60. The van der Waals surface area contributed by atoms with E-state index in [0.29, 0.717) is 23.2 Å². The highest BCUT2D eigenvalue weighted by Gasteiger charge is 2.21. The first-order chi connectivity index (χ1) is 14.4. The molecular formula is C21H24N6O3. The maximum atomic E-state index is 12.7. The van der Waals surface area contributed by atoms with Crippen molar-refractivity contribution in [2.24, 2.45) is 5.92 Å². The first kappa shape index (κ1) is 19.8. The molecule has 156 valence electrons. The van der Waals surface area contributed by atoms with Gasteiger partial charge in [-0.05, 0) is 37.8 Å². The lowest BCUT2D eigenvalue weighted by Crippen LogP contribution is -2.37. The van der Waals surface area contributed by atoms with Crippen LogP contribution in [0.15, 0.2) is 46.2 Å². The van der Waals surface area contributed by atoms with Gasteiger partial charge in [0, 0.05) is 31.5 Å². The monoisotopic (exact) mass is 408 g/mol. The van der Waals surface area contributed by atoms with Gasteiger partial charge in [-0.1, -0.05) is 13.0 Å². The van der Waals surface area contributed by atoms with Gasteiger partial charge < -0.3 is 10.2 Å². The van der Waals surface area contributed by atoms with E-state index in [9.17, 15) is 14.4 Å². The molecule has 0 aliphatic carbocycles.